The van der Waals surface area contributed by atoms with Crippen LogP contribution in [0.1, 0.15) is 36.7 Å². The van der Waals surface area contributed by atoms with Crippen LogP contribution >= 0.6 is 0 Å². The van der Waals surface area contributed by atoms with Gasteiger partial charge in [0.05, 0.1) is 29.9 Å². The van der Waals surface area contributed by atoms with Gasteiger partial charge in [0.1, 0.15) is 5.75 Å². The first-order chi connectivity index (χ1) is 18.3. The van der Waals surface area contributed by atoms with Gasteiger partial charge in [0.15, 0.2) is 23.4 Å². The Balaban J connectivity index is 1.63. The van der Waals surface area contributed by atoms with Crippen molar-refractivity contribution in [1.29, 1.82) is 0 Å². The van der Waals surface area contributed by atoms with Crippen LogP contribution in [0.15, 0.2) is 71.8 Å². The number of amides is 1. The molecular formula is C27H27N3O8. The number of rotatable bonds is 12. The summed E-state index contributed by atoms with van der Waals surface area (Å²) in [5.74, 6) is -0.00723. The number of esters is 1. The van der Waals surface area contributed by atoms with Gasteiger partial charge in [-0.1, -0.05) is 12.1 Å². The highest BCUT2D eigenvalue weighted by molar-refractivity contribution is 5.92. The Morgan fingerprint density at radius 1 is 0.974 bits per heavy atom. The third-order valence-electron chi connectivity index (χ3n) is 4.99. The largest absolute Gasteiger partial charge is 0.494 e. The van der Waals surface area contributed by atoms with Gasteiger partial charge in [0, 0.05) is 6.07 Å². The molecule has 1 atom stereocenters. The molecule has 1 amide bonds. The average Bonchev–Trinajstić information content (AvgIpc) is 2.91. The lowest BCUT2D eigenvalue weighted by atomic mass is 10.2. The normalized spacial score (nSPS) is 11.4. The molecule has 0 aliphatic carbocycles. The minimum Gasteiger partial charge on any atom is -0.494 e. The van der Waals surface area contributed by atoms with E-state index >= 15 is 0 Å². The molecule has 1 unspecified atom stereocenters. The fraction of sp³-hybridized carbons (Fsp3) is 0.222. The summed E-state index contributed by atoms with van der Waals surface area (Å²) in [4.78, 5) is 35.5. The maximum atomic E-state index is 12.6. The van der Waals surface area contributed by atoms with E-state index in [4.69, 9.17) is 18.9 Å². The molecule has 3 rings (SSSR count). The number of ether oxygens (including phenoxy) is 4. The molecule has 0 radical (unpaired) electrons. The second-order valence-electron chi connectivity index (χ2n) is 7.71. The smallest absolute Gasteiger partial charge is 0.343 e. The van der Waals surface area contributed by atoms with E-state index in [-0.39, 0.29) is 17.2 Å². The van der Waals surface area contributed by atoms with Crippen LogP contribution in [-0.4, -0.2) is 42.3 Å². The van der Waals surface area contributed by atoms with Gasteiger partial charge < -0.3 is 18.9 Å². The number of nitro groups is 1. The van der Waals surface area contributed by atoms with Gasteiger partial charge in [-0.25, -0.2) is 10.2 Å². The second-order valence-corrected chi connectivity index (χ2v) is 7.71. The van der Waals surface area contributed by atoms with Crippen LogP contribution < -0.4 is 24.4 Å². The van der Waals surface area contributed by atoms with E-state index in [2.05, 4.69) is 10.5 Å². The maximum absolute atomic E-state index is 12.6. The van der Waals surface area contributed by atoms with E-state index in [0.717, 1.165) is 0 Å². The molecule has 0 fully saturated rings. The Morgan fingerprint density at radius 3 is 2.37 bits per heavy atom. The topological polar surface area (TPSA) is 139 Å². The number of hydrogen-bond donors (Lipinski definition) is 1. The zero-order valence-corrected chi connectivity index (χ0v) is 21.1. The minimum absolute atomic E-state index is 0.0270. The summed E-state index contributed by atoms with van der Waals surface area (Å²) < 4.78 is 21.9. The standard InChI is InChI=1S/C27H27N3O8/c1-4-35-21-13-11-20(12-14-21)27(32)38-24-15-10-19(16-25(24)36-5-2)17-28-29-26(31)18(3)37-23-9-7-6-8-22(23)30(33)34/h6-18H,4-5H2,1-3H3,(H,29,31). The Labute approximate surface area is 219 Å². The van der Waals surface area contributed by atoms with Crippen molar-refractivity contribution in [3.63, 3.8) is 0 Å². The van der Waals surface area contributed by atoms with Gasteiger partial charge >= 0.3 is 11.7 Å². The van der Waals surface area contributed by atoms with E-state index in [1.807, 2.05) is 6.92 Å². The Hall–Kier alpha value is -4.93. The second kappa shape index (κ2) is 13.4. The summed E-state index contributed by atoms with van der Waals surface area (Å²) in [5, 5.41) is 15.0. The number of hydrazone groups is 1. The summed E-state index contributed by atoms with van der Waals surface area (Å²) in [5.41, 5.74) is 2.99. The molecule has 0 saturated carbocycles. The molecule has 0 bridgehead atoms. The van der Waals surface area contributed by atoms with Crippen LogP contribution in [0.25, 0.3) is 0 Å². The van der Waals surface area contributed by atoms with Crippen molar-refractivity contribution in [3.8, 4) is 23.0 Å². The summed E-state index contributed by atoms with van der Waals surface area (Å²) >= 11 is 0. The molecule has 11 heteroatoms. The third-order valence-corrected chi connectivity index (χ3v) is 4.99. The number of benzene rings is 3. The Bertz CT molecular complexity index is 1310. The third kappa shape index (κ3) is 7.53. The highest BCUT2D eigenvalue weighted by atomic mass is 16.6. The highest BCUT2D eigenvalue weighted by Gasteiger charge is 2.20. The van der Waals surface area contributed by atoms with Crippen LogP contribution in [-0.2, 0) is 4.79 Å². The quantitative estimate of drug-likeness (QED) is 0.121. The number of para-hydroxylation sites is 2. The fourth-order valence-corrected chi connectivity index (χ4v) is 3.18. The molecule has 1 N–H and O–H groups in total. The molecule has 198 valence electrons. The predicted molar refractivity (Wildman–Crippen MR) is 139 cm³/mol. The van der Waals surface area contributed by atoms with Crippen LogP contribution in [0.2, 0.25) is 0 Å². The minimum atomic E-state index is -1.04. The van der Waals surface area contributed by atoms with Crippen molar-refractivity contribution < 1.29 is 33.5 Å². The molecule has 0 heterocycles. The van der Waals surface area contributed by atoms with Crippen LogP contribution in [0.5, 0.6) is 23.0 Å². The molecule has 3 aromatic rings. The molecule has 11 nitrogen and oxygen atoms in total. The van der Waals surface area contributed by atoms with E-state index in [0.29, 0.717) is 35.8 Å². The average molecular weight is 522 g/mol. The summed E-state index contributed by atoms with van der Waals surface area (Å²) in [6.45, 7) is 5.95. The van der Waals surface area contributed by atoms with Gasteiger partial charge in [0.2, 0.25) is 0 Å². The molecule has 0 aromatic heterocycles. The van der Waals surface area contributed by atoms with Gasteiger partial charge in [-0.05, 0) is 74.9 Å². The van der Waals surface area contributed by atoms with Gasteiger partial charge in [-0.3, -0.25) is 14.9 Å². The van der Waals surface area contributed by atoms with Crippen molar-refractivity contribution in [2.45, 2.75) is 26.9 Å². The number of carbonyl (C=O) groups is 2. The van der Waals surface area contributed by atoms with Crippen molar-refractivity contribution >= 4 is 23.8 Å². The number of nitrogens with one attached hydrogen (secondary N) is 1. The SMILES string of the molecule is CCOc1ccc(C(=O)Oc2ccc(C=NNC(=O)C(C)Oc3ccccc3[N+](=O)[O-])cc2OCC)cc1. The maximum Gasteiger partial charge on any atom is 0.343 e. The molecule has 3 aromatic carbocycles. The first-order valence-corrected chi connectivity index (χ1v) is 11.8. The van der Waals surface area contributed by atoms with E-state index in [9.17, 15) is 19.7 Å². The lowest BCUT2D eigenvalue weighted by molar-refractivity contribution is -0.386. The predicted octanol–water partition coefficient (Wildman–Crippen LogP) is 4.53. The zero-order chi connectivity index (χ0) is 27.5. The number of nitrogens with zero attached hydrogens (tertiary/aromatic N) is 2. The first-order valence-electron chi connectivity index (χ1n) is 11.8. The summed E-state index contributed by atoms with van der Waals surface area (Å²) in [6.07, 6.45) is 0.326. The van der Waals surface area contributed by atoms with Crippen molar-refractivity contribution in [1.82, 2.24) is 5.43 Å². The number of hydrogen-bond acceptors (Lipinski definition) is 9. The molecule has 0 saturated heterocycles. The van der Waals surface area contributed by atoms with Crippen LogP contribution in [0, 0.1) is 10.1 Å². The Kier molecular flexibility index (Phi) is 9.75. The highest BCUT2D eigenvalue weighted by Crippen LogP contribution is 2.29. The van der Waals surface area contributed by atoms with Crippen molar-refractivity contribution in [3.05, 3.63) is 88.0 Å². The zero-order valence-electron chi connectivity index (χ0n) is 21.1. The molecule has 38 heavy (non-hydrogen) atoms. The Morgan fingerprint density at radius 2 is 1.68 bits per heavy atom. The summed E-state index contributed by atoms with van der Waals surface area (Å²) in [6, 6.07) is 17.1. The van der Waals surface area contributed by atoms with Crippen LogP contribution in [0.4, 0.5) is 5.69 Å². The van der Waals surface area contributed by atoms with E-state index in [1.54, 1.807) is 55.5 Å². The summed E-state index contributed by atoms with van der Waals surface area (Å²) in [7, 11) is 0. The fourth-order valence-electron chi connectivity index (χ4n) is 3.18. The number of nitro benzene ring substituents is 1. The van der Waals surface area contributed by atoms with Crippen molar-refractivity contribution in [2.24, 2.45) is 5.10 Å². The van der Waals surface area contributed by atoms with Crippen molar-refractivity contribution in [2.75, 3.05) is 13.2 Å². The number of carbonyl (C=O) groups excluding carboxylic acids is 2. The molecule has 0 spiro atoms. The van der Waals surface area contributed by atoms with Gasteiger partial charge in [0.25, 0.3) is 5.91 Å². The van der Waals surface area contributed by atoms with E-state index in [1.165, 1.54) is 31.3 Å². The first kappa shape index (κ1) is 27.7. The molecule has 0 aliphatic heterocycles. The van der Waals surface area contributed by atoms with Gasteiger partial charge in [-0.2, -0.15) is 5.10 Å². The van der Waals surface area contributed by atoms with E-state index < -0.39 is 22.9 Å². The monoisotopic (exact) mass is 521 g/mol. The van der Waals surface area contributed by atoms with Gasteiger partial charge in [-0.15, -0.1) is 0 Å². The molecule has 0 aliphatic rings. The lowest BCUT2D eigenvalue weighted by Gasteiger charge is -2.13. The lowest BCUT2D eigenvalue weighted by Crippen LogP contribution is -2.33. The van der Waals surface area contributed by atoms with Crippen LogP contribution in [0.3, 0.4) is 0 Å². The molecular weight excluding hydrogens is 494 g/mol.